The highest BCUT2D eigenvalue weighted by molar-refractivity contribution is 7.93. The van der Waals surface area contributed by atoms with E-state index in [1.165, 1.54) is 11.3 Å². The molecule has 0 radical (unpaired) electrons. The summed E-state index contributed by atoms with van der Waals surface area (Å²) in [6, 6.07) is 13.3. The summed E-state index contributed by atoms with van der Waals surface area (Å²) in [5.74, 6) is -0.312. The summed E-state index contributed by atoms with van der Waals surface area (Å²) < 4.78 is 26.4. The van der Waals surface area contributed by atoms with Gasteiger partial charge in [-0.2, -0.15) is 0 Å². The van der Waals surface area contributed by atoms with Crippen LogP contribution < -0.4 is 10.0 Å². The molecule has 4 rings (SSSR count). The van der Waals surface area contributed by atoms with Crippen LogP contribution in [0.4, 0.5) is 5.13 Å². The minimum atomic E-state index is -3.33. The summed E-state index contributed by atoms with van der Waals surface area (Å²) in [5, 5.41) is 4.49. The Morgan fingerprint density at radius 1 is 1.11 bits per heavy atom. The van der Waals surface area contributed by atoms with Crippen molar-refractivity contribution in [2.45, 2.75) is 24.6 Å². The molecule has 28 heavy (non-hydrogen) atoms. The van der Waals surface area contributed by atoms with Crippen LogP contribution in [0.3, 0.4) is 0 Å². The third kappa shape index (κ3) is 4.37. The van der Waals surface area contributed by atoms with Gasteiger partial charge in [-0.05, 0) is 24.5 Å². The molecule has 1 fully saturated rings. The average molecular weight is 415 g/mol. The number of benzene rings is 1. The number of anilines is 1. The number of thiazole rings is 1. The first-order valence-corrected chi connectivity index (χ1v) is 11.2. The van der Waals surface area contributed by atoms with Gasteiger partial charge < -0.3 is 5.32 Å². The standard InChI is InChI=1S/C19H18N4O3S2/c24-18(17-9-6-14(10-20-17)13-4-2-1-3-5-13)21-11-15-12-27-19(22-15)23-28(25,26)16-7-8-16/h1-6,9-10,12,16H,7-8,11H2,(H,21,24)(H,22,23). The second kappa shape index (κ2) is 7.69. The summed E-state index contributed by atoms with van der Waals surface area (Å²) in [4.78, 5) is 20.7. The Bertz CT molecular complexity index is 1080. The lowest BCUT2D eigenvalue weighted by molar-refractivity contribution is 0.0945. The molecule has 0 saturated heterocycles. The Hall–Kier alpha value is -2.78. The molecule has 1 aliphatic carbocycles. The molecule has 1 saturated carbocycles. The molecule has 0 aliphatic heterocycles. The van der Waals surface area contributed by atoms with E-state index in [9.17, 15) is 13.2 Å². The highest BCUT2D eigenvalue weighted by Gasteiger charge is 2.36. The Balaban J connectivity index is 1.34. The minimum absolute atomic E-state index is 0.197. The molecule has 1 aliphatic rings. The van der Waals surface area contributed by atoms with Gasteiger partial charge in [-0.25, -0.2) is 13.4 Å². The zero-order chi connectivity index (χ0) is 19.6. The van der Waals surface area contributed by atoms with E-state index in [0.29, 0.717) is 29.4 Å². The van der Waals surface area contributed by atoms with Crippen LogP contribution >= 0.6 is 11.3 Å². The number of aromatic nitrogens is 2. The fraction of sp³-hybridized carbons (Fsp3) is 0.211. The molecule has 0 unspecified atom stereocenters. The maximum atomic E-state index is 12.3. The van der Waals surface area contributed by atoms with Crippen molar-refractivity contribution in [3.63, 3.8) is 0 Å². The van der Waals surface area contributed by atoms with Crippen molar-refractivity contribution in [3.05, 3.63) is 65.4 Å². The molecule has 1 aromatic carbocycles. The third-order valence-corrected chi connectivity index (χ3v) is 7.04. The van der Waals surface area contributed by atoms with E-state index in [-0.39, 0.29) is 17.7 Å². The summed E-state index contributed by atoms with van der Waals surface area (Å²) in [6.07, 6.45) is 3.05. The molecule has 2 heterocycles. The molecule has 3 aromatic rings. The first kappa shape index (κ1) is 18.6. The lowest BCUT2D eigenvalue weighted by Gasteiger charge is -2.05. The van der Waals surface area contributed by atoms with Crippen LogP contribution in [-0.4, -0.2) is 29.5 Å². The molecule has 1 amide bonds. The number of carbonyl (C=O) groups excluding carboxylic acids is 1. The Morgan fingerprint density at radius 2 is 1.89 bits per heavy atom. The van der Waals surface area contributed by atoms with Crippen molar-refractivity contribution >= 4 is 32.4 Å². The van der Waals surface area contributed by atoms with E-state index in [1.54, 1.807) is 17.6 Å². The molecule has 0 bridgehead atoms. The van der Waals surface area contributed by atoms with Gasteiger partial charge in [-0.1, -0.05) is 36.4 Å². The maximum Gasteiger partial charge on any atom is 0.270 e. The van der Waals surface area contributed by atoms with Gasteiger partial charge in [0, 0.05) is 17.1 Å². The number of amides is 1. The second-order valence-corrected chi connectivity index (χ2v) is 9.29. The normalized spacial score (nSPS) is 13.9. The van der Waals surface area contributed by atoms with Crippen LogP contribution in [0.1, 0.15) is 29.0 Å². The number of nitrogens with zero attached hydrogens (tertiary/aromatic N) is 2. The largest absolute Gasteiger partial charge is 0.345 e. The Kier molecular flexibility index (Phi) is 5.10. The van der Waals surface area contributed by atoms with E-state index in [1.807, 2.05) is 36.4 Å². The Morgan fingerprint density at radius 3 is 2.57 bits per heavy atom. The molecule has 9 heteroatoms. The summed E-state index contributed by atoms with van der Waals surface area (Å²) in [6.45, 7) is 0.197. The van der Waals surface area contributed by atoms with Gasteiger partial charge in [-0.15, -0.1) is 11.3 Å². The summed E-state index contributed by atoms with van der Waals surface area (Å²) >= 11 is 1.20. The maximum absolute atomic E-state index is 12.3. The van der Waals surface area contributed by atoms with Gasteiger partial charge in [0.05, 0.1) is 17.5 Å². The zero-order valence-corrected chi connectivity index (χ0v) is 16.5. The van der Waals surface area contributed by atoms with Crippen LogP contribution in [0, 0.1) is 0 Å². The number of carbonyl (C=O) groups is 1. The molecular weight excluding hydrogens is 396 g/mol. The van der Waals surface area contributed by atoms with E-state index in [0.717, 1.165) is 11.1 Å². The number of hydrogen-bond donors (Lipinski definition) is 2. The van der Waals surface area contributed by atoms with E-state index in [4.69, 9.17) is 0 Å². The van der Waals surface area contributed by atoms with Gasteiger partial charge in [-0.3, -0.25) is 14.5 Å². The molecular formula is C19H18N4O3S2. The van der Waals surface area contributed by atoms with Crippen molar-refractivity contribution in [1.82, 2.24) is 15.3 Å². The van der Waals surface area contributed by atoms with Crippen molar-refractivity contribution < 1.29 is 13.2 Å². The van der Waals surface area contributed by atoms with E-state index < -0.39 is 10.0 Å². The predicted molar refractivity (Wildman–Crippen MR) is 109 cm³/mol. The topological polar surface area (TPSA) is 101 Å². The van der Waals surface area contributed by atoms with Crippen molar-refractivity contribution in [1.29, 1.82) is 0 Å². The second-order valence-electron chi connectivity index (χ2n) is 6.47. The highest BCUT2D eigenvalue weighted by atomic mass is 32.2. The first-order chi connectivity index (χ1) is 13.5. The SMILES string of the molecule is O=C(NCc1csc(NS(=O)(=O)C2CC2)n1)c1ccc(-c2ccccc2)cn1. The smallest absolute Gasteiger partial charge is 0.270 e. The first-order valence-electron chi connectivity index (χ1n) is 8.77. The summed E-state index contributed by atoms with van der Waals surface area (Å²) in [5.41, 5.74) is 2.87. The van der Waals surface area contributed by atoms with Crippen LogP contribution in [-0.2, 0) is 16.6 Å². The van der Waals surface area contributed by atoms with Crippen LogP contribution in [0.25, 0.3) is 11.1 Å². The molecule has 0 atom stereocenters. The van der Waals surface area contributed by atoms with Gasteiger partial charge in [0.25, 0.3) is 5.91 Å². The lowest BCUT2D eigenvalue weighted by Crippen LogP contribution is -2.24. The fourth-order valence-electron chi connectivity index (χ4n) is 2.61. The van der Waals surface area contributed by atoms with Crippen molar-refractivity contribution in [2.24, 2.45) is 0 Å². The number of sulfonamides is 1. The third-order valence-electron chi connectivity index (χ3n) is 4.28. The van der Waals surface area contributed by atoms with E-state index >= 15 is 0 Å². The zero-order valence-electron chi connectivity index (χ0n) is 14.8. The summed E-state index contributed by atoms with van der Waals surface area (Å²) in [7, 11) is -3.33. The van der Waals surface area contributed by atoms with Gasteiger partial charge in [0.1, 0.15) is 5.69 Å². The molecule has 2 aromatic heterocycles. The molecule has 144 valence electrons. The van der Waals surface area contributed by atoms with Crippen LogP contribution in [0.15, 0.2) is 54.0 Å². The average Bonchev–Trinajstić information content (AvgIpc) is 3.49. The van der Waals surface area contributed by atoms with Crippen molar-refractivity contribution in [3.8, 4) is 11.1 Å². The van der Waals surface area contributed by atoms with E-state index in [2.05, 4.69) is 20.0 Å². The lowest BCUT2D eigenvalue weighted by atomic mass is 10.1. The molecule has 0 spiro atoms. The number of pyridine rings is 1. The fourth-order valence-corrected chi connectivity index (χ4v) is 4.92. The number of rotatable bonds is 7. The quantitative estimate of drug-likeness (QED) is 0.619. The minimum Gasteiger partial charge on any atom is -0.345 e. The van der Waals surface area contributed by atoms with Crippen LogP contribution in [0.5, 0.6) is 0 Å². The number of nitrogens with one attached hydrogen (secondary N) is 2. The van der Waals surface area contributed by atoms with Gasteiger partial charge >= 0.3 is 0 Å². The molecule has 7 nitrogen and oxygen atoms in total. The van der Waals surface area contributed by atoms with Gasteiger partial charge in [0.2, 0.25) is 10.0 Å². The van der Waals surface area contributed by atoms with Crippen molar-refractivity contribution in [2.75, 3.05) is 4.72 Å². The van der Waals surface area contributed by atoms with Crippen LogP contribution in [0.2, 0.25) is 0 Å². The molecule has 2 N–H and O–H groups in total. The monoisotopic (exact) mass is 414 g/mol. The highest BCUT2D eigenvalue weighted by Crippen LogP contribution is 2.30. The van der Waals surface area contributed by atoms with Gasteiger partial charge in [0.15, 0.2) is 5.13 Å². The number of hydrogen-bond acceptors (Lipinski definition) is 6. The Labute approximate surface area is 166 Å². The predicted octanol–water partition coefficient (Wildman–Crippen LogP) is 3.04.